The van der Waals surface area contributed by atoms with Crippen molar-refractivity contribution < 1.29 is 13.2 Å². The second-order valence-corrected chi connectivity index (χ2v) is 9.85. The van der Waals surface area contributed by atoms with Crippen molar-refractivity contribution in [3.8, 4) is 0 Å². The number of rotatable bonds is 7. The highest BCUT2D eigenvalue weighted by Crippen LogP contribution is 2.44. The third kappa shape index (κ3) is 4.75. The number of halogens is 3. The van der Waals surface area contributed by atoms with Gasteiger partial charge in [-0.2, -0.15) is 0 Å². The molecule has 0 spiro atoms. The van der Waals surface area contributed by atoms with Crippen LogP contribution in [0.3, 0.4) is 0 Å². The number of hydrogen-bond acceptors (Lipinski definition) is 2. The van der Waals surface area contributed by atoms with Gasteiger partial charge in [-0.3, -0.25) is 4.39 Å². The maximum Gasteiger partial charge on any atom is 0.133 e. The van der Waals surface area contributed by atoms with Gasteiger partial charge in [-0.15, -0.1) is 11.8 Å². The van der Waals surface area contributed by atoms with Crippen LogP contribution < -0.4 is 0 Å². The summed E-state index contributed by atoms with van der Waals surface area (Å²) < 4.78 is 40.7. The van der Waals surface area contributed by atoms with Crippen molar-refractivity contribution in [2.75, 3.05) is 32.1 Å². The Morgan fingerprint density at radius 1 is 0.909 bits per heavy atom. The van der Waals surface area contributed by atoms with Crippen LogP contribution in [0, 0.1) is 17.6 Å². The van der Waals surface area contributed by atoms with Crippen LogP contribution in [0.25, 0.3) is 11.1 Å². The molecule has 0 aromatic heterocycles. The summed E-state index contributed by atoms with van der Waals surface area (Å²) >= 11 is 1.68. The van der Waals surface area contributed by atoms with E-state index in [2.05, 4.69) is 41.3 Å². The minimum absolute atomic E-state index is 0.246. The Labute approximate surface area is 197 Å². The van der Waals surface area contributed by atoms with Crippen LogP contribution in [-0.4, -0.2) is 37.0 Å². The first-order valence-electron chi connectivity index (χ1n) is 11.4. The fourth-order valence-corrected chi connectivity index (χ4v) is 5.97. The summed E-state index contributed by atoms with van der Waals surface area (Å²) in [7, 11) is 0. The molecule has 0 aliphatic carbocycles. The minimum atomic E-state index is -0.564. The van der Waals surface area contributed by atoms with Crippen molar-refractivity contribution in [3.63, 3.8) is 0 Å². The minimum Gasteiger partial charge on any atom is -0.303 e. The Morgan fingerprint density at radius 3 is 2.45 bits per heavy atom. The number of likely N-dealkylation sites (tertiary alicyclic amines) is 1. The fourth-order valence-electron chi connectivity index (χ4n) is 4.87. The van der Waals surface area contributed by atoms with Gasteiger partial charge in [0.1, 0.15) is 11.6 Å². The zero-order chi connectivity index (χ0) is 22.8. The van der Waals surface area contributed by atoms with Crippen LogP contribution in [0.1, 0.15) is 28.7 Å². The highest BCUT2D eigenvalue weighted by molar-refractivity contribution is 7.99. The molecule has 5 heteroatoms. The molecular weight excluding hydrogens is 439 g/mol. The molecule has 0 N–H and O–H groups in total. The Morgan fingerprint density at radius 2 is 1.70 bits per heavy atom. The Bertz CT molecular complexity index is 1170. The van der Waals surface area contributed by atoms with Crippen LogP contribution >= 0.6 is 11.8 Å². The summed E-state index contributed by atoms with van der Waals surface area (Å²) in [5.41, 5.74) is 5.78. The SMILES string of the molecule is FCCCN1CC(Cc2ccc(C3=C(c4ccc(F)cc4F)CSc4ccccc43)cc2)C1. The van der Waals surface area contributed by atoms with Gasteiger partial charge in [0.2, 0.25) is 0 Å². The summed E-state index contributed by atoms with van der Waals surface area (Å²) in [4.78, 5) is 3.48. The van der Waals surface area contributed by atoms with Gasteiger partial charge < -0.3 is 4.90 Å². The lowest BCUT2D eigenvalue weighted by Gasteiger charge is -2.39. The topological polar surface area (TPSA) is 3.24 Å². The second-order valence-electron chi connectivity index (χ2n) is 8.83. The normalized spacial score (nSPS) is 16.6. The van der Waals surface area contributed by atoms with Crippen LogP contribution in [0.2, 0.25) is 0 Å². The smallest absolute Gasteiger partial charge is 0.133 e. The van der Waals surface area contributed by atoms with Crippen molar-refractivity contribution in [1.82, 2.24) is 4.90 Å². The van der Waals surface area contributed by atoms with Crippen LogP contribution in [0.15, 0.2) is 71.6 Å². The molecule has 0 unspecified atom stereocenters. The molecule has 0 bridgehead atoms. The largest absolute Gasteiger partial charge is 0.303 e. The molecule has 1 fully saturated rings. The summed E-state index contributed by atoms with van der Waals surface area (Å²) in [6.45, 7) is 2.67. The molecule has 2 heterocycles. The number of fused-ring (bicyclic) bond motifs is 1. The maximum atomic E-state index is 14.8. The average molecular weight is 466 g/mol. The van der Waals surface area contributed by atoms with Gasteiger partial charge in [0, 0.05) is 41.9 Å². The lowest BCUT2D eigenvalue weighted by Crippen LogP contribution is -2.47. The molecule has 0 amide bonds. The molecule has 3 aromatic carbocycles. The van der Waals surface area contributed by atoms with E-state index in [1.54, 1.807) is 17.8 Å². The monoisotopic (exact) mass is 465 g/mol. The molecule has 5 rings (SSSR count). The lowest BCUT2D eigenvalue weighted by molar-refractivity contribution is 0.0968. The predicted molar refractivity (Wildman–Crippen MR) is 130 cm³/mol. The Balaban J connectivity index is 1.44. The predicted octanol–water partition coefficient (Wildman–Crippen LogP) is 6.86. The Hall–Kier alpha value is -2.50. The van der Waals surface area contributed by atoms with E-state index >= 15 is 0 Å². The van der Waals surface area contributed by atoms with E-state index in [0.29, 0.717) is 23.7 Å². The van der Waals surface area contributed by atoms with Gasteiger partial charge in [-0.1, -0.05) is 42.5 Å². The highest BCUT2D eigenvalue weighted by atomic mass is 32.2. The van der Waals surface area contributed by atoms with E-state index in [1.165, 1.54) is 16.5 Å². The van der Waals surface area contributed by atoms with E-state index in [4.69, 9.17) is 0 Å². The molecule has 0 radical (unpaired) electrons. The zero-order valence-corrected chi connectivity index (χ0v) is 19.2. The van der Waals surface area contributed by atoms with Crippen molar-refractivity contribution in [2.45, 2.75) is 17.7 Å². The zero-order valence-electron chi connectivity index (χ0n) is 18.4. The number of hydrogen-bond donors (Lipinski definition) is 0. The summed E-state index contributed by atoms with van der Waals surface area (Å²) in [6, 6.07) is 20.6. The van der Waals surface area contributed by atoms with Gasteiger partial charge in [0.25, 0.3) is 0 Å². The van der Waals surface area contributed by atoms with E-state index in [1.807, 2.05) is 12.1 Å². The summed E-state index contributed by atoms with van der Waals surface area (Å²) in [6.07, 6.45) is 1.63. The van der Waals surface area contributed by atoms with E-state index in [9.17, 15) is 13.2 Å². The van der Waals surface area contributed by atoms with Gasteiger partial charge in [0.05, 0.1) is 6.67 Å². The highest BCUT2D eigenvalue weighted by Gasteiger charge is 2.27. The first kappa shape index (κ1) is 22.3. The maximum absolute atomic E-state index is 14.8. The van der Waals surface area contributed by atoms with Crippen molar-refractivity contribution in [1.29, 1.82) is 0 Å². The number of benzene rings is 3. The molecule has 2 aliphatic heterocycles. The molecule has 2 aliphatic rings. The van der Waals surface area contributed by atoms with Crippen LogP contribution in [0.5, 0.6) is 0 Å². The fraction of sp³-hybridized carbons (Fsp3) is 0.286. The third-order valence-corrected chi connectivity index (χ3v) is 7.59. The molecule has 1 saturated heterocycles. The third-order valence-electron chi connectivity index (χ3n) is 6.49. The van der Waals surface area contributed by atoms with Crippen molar-refractivity contribution >= 4 is 22.9 Å². The number of thioether (sulfide) groups is 1. The average Bonchev–Trinajstić information content (AvgIpc) is 2.80. The lowest BCUT2D eigenvalue weighted by atomic mass is 9.87. The van der Waals surface area contributed by atoms with Gasteiger partial charge >= 0.3 is 0 Å². The molecule has 0 saturated carbocycles. The molecule has 170 valence electrons. The van der Waals surface area contributed by atoms with Crippen molar-refractivity contribution in [2.24, 2.45) is 5.92 Å². The second kappa shape index (κ2) is 9.78. The first-order chi connectivity index (χ1) is 16.1. The quantitative estimate of drug-likeness (QED) is 0.375. The molecule has 1 nitrogen and oxygen atoms in total. The molecule has 3 aromatic rings. The number of alkyl halides is 1. The van der Waals surface area contributed by atoms with Crippen LogP contribution in [0.4, 0.5) is 13.2 Å². The van der Waals surface area contributed by atoms with Gasteiger partial charge in [0.15, 0.2) is 0 Å². The number of nitrogens with zero attached hydrogens (tertiary/aromatic N) is 1. The van der Waals surface area contributed by atoms with Gasteiger partial charge in [-0.05, 0) is 64.8 Å². The summed E-state index contributed by atoms with van der Waals surface area (Å²) in [5.74, 6) is 0.158. The Kier molecular flexibility index (Phi) is 6.61. The van der Waals surface area contributed by atoms with E-state index < -0.39 is 11.6 Å². The first-order valence-corrected chi connectivity index (χ1v) is 12.4. The summed E-state index contributed by atoms with van der Waals surface area (Å²) in [5, 5.41) is 0. The van der Waals surface area contributed by atoms with E-state index in [0.717, 1.165) is 54.4 Å². The van der Waals surface area contributed by atoms with Crippen LogP contribution in [-0.2, 0) is 6.42 Å². The molecule has 33 heavy (non-hydrogen) atoms. The van der Waals surface area contributed by atoms with Gasteiger partial charge in [-0.25, -0.2) is 8.78 Å². The molecular formula is C28H26F3NS. The van der Waals surface area contributed by atoms with Crippen molar-refractivity contribution in [3.05, 3.63) is 101 Å². The van der Waals surface area contributed by atoms with E-state index in [-0.39, 0.29) is 6.67 Å². The standard InChI is InChI=1S/C28H26F3NS/c29-12-3-13-32-16-20(17-32)14-19-6-8-21(9-7-19)28-24-4-1-2-5-27(24)33-18-25(28)23-11-10-22(30)15-26(23)31/h1-2,4-11,15,20H,3,12-14,16-18H2. The molecule has 0 atom stereocenters.